The van der Waals surface area contributed by atoms with Gasteiger partial charge >= 0.3 is 0 Å². The smallest absolute Gasteiger partial charge is 0.128 e. The van der Waals surface area contributed by atoms with Crippen molar-refractivity contribution in [2.24, 2.45) is 5.73 Å². The molecule has 0 saturated carbocycles. The zero-order chi connectivity index (χ0) is 14.7. The van der Waals surface area contributed by atoms with E-state index in [1.165, 1.54) is 0 Å². The van der Waals surface area contributed by atoms with Gasteiger partial charge in [0.05, 0.1) is 6.04 Å². The molecule has 1 atom stereocenters. The lowest BCUT2D eigenvalue weighted by molar-refractivity contribution is 0.287. The van der Waals surface area contributed by atoms with Crippen LogP contribution in [0.25, 0.3) is 0 Å². The first kappa shape index (κ1) is 14.5. The lowest BCUT2D eigenvalue weighted by atomic mass is 10.1. The number of halogens is 2. The van der Waals surface area contributed by atoms with Crippen molar-refractivity contribution in [1.29, 1.82) is 0 Å². The van der Waals surface area contributed by atoms with Crippen LogP contribution in [0.2, 0.25) is 0 Å². The van der Waals surface area contributed by atoms with E-state index in [-0.39, 0.29) is 12.2 Å². The van der Waals surface area contributed by atoms with Gasteiger partial charge in [0.15, 0.2) is 0 Å². The Morgan fingerprint density at radius 1 is 1.05 bits per heavy atom. The Hall–Kier alpha value is -1.94. The number of hydrogen-bond acceptors (Lipinski definition) is 2. The molecule has 106 valence electrons. The third-order valence-corrected chi connectivity index (χ3v) is 3.27. The van der Waals surface area contributed by atoms with Crippen LogP contribution in [0.4, 0.5) is 8.78 Å². The van der Waals surface area contributed by atoms with Gasteiger partial charge in [0.1, 0.15) is 24.0 Å². The molecule has 0 amide bonds. The molecule has 2 nitrogen and oxygen atoms in total. The standard InChI is InChI=1S/C16H17F2NO/c1-10-3-5-13(7-11(10)2)20-9-16(19)14-8-12(17)4-6-15(14)18/h3-8,16H,9,19H2,1-2H3. The highest BCUT2D eigenvalue weighted by Gasteiger charge is 2.13. The van der Waals surface area contributed by atoms with E-state index in [1.54, 1.807) is 0 Å². The summed E-state index contributed by atoms with van der Waals surface area (Å²) < 4.78 is 32.2. The van der Waals surface area contributed by atoms with Crippen molar-refractivity contribution in [1.82, 2.24) is 0 Å². The first-order chi connectivity index (χ1) is 9.47. The maximum absolute atomic E-state index is 13.6. The maximum atomic E-state index is 13.6. The molecule has 0 aliphatic rings. The Kier molecular flexibility index (Phi) is 4.35. The predicted octanol–water partition coefficient (Wildman–Crippen LogP) is 3.66. The summed E-state index contributed by atoms with van der Waals surface area (Å²) in [7, 11) is 0. The number of aryl methyl sites for hydroxylation is 2. The maximum Gasteiger partial charge on any atom is 0.128 e. The van der Waals surface area contributed by atoms with Crippen molar-refractivity contribution >= 4 is 0 Å². The van der Waals surface area contributed by atoms with Gasteiger partial charge in [-0.25, -0.2) is 8.78 Å². The van der Waals surface area contributed by atoms with E-state index in [9.17, 15) is 8.78 Å². The number of rotatable bonds is 4. The molecule has 1 unspecified atom stereocenters. The molecule has 2 aromatic rings. The fourth-order valence-corrected chi connectivity index (χ4v) is 1.88. The minimum atomic E-state index is -0.715. The summed E-state index contributed by atoms with van der Waals surface area (Å²) in [5.41, 5.74) is 8.24. The molecule has 0 spiro atoms. The number of ether oxygens (including phenoxy) is 1. The first-order valence-corrected chi connectivity index (χ1v) is 6.38. The number of nitrogens with two attached hydrogens (primary N) is 1. The summed E-state index contributed by atoms with van der Waals surface area (Å²) in [6, 6.07) is 8.19. The molecule has 0 aromatic heterocycles. The van der Waals surface area contributed by atoms with Gasteiger partial charge < -0.3 is 10.5 Å². The second-order valence-corrected chi connectivity index (χ2v) is 4.83. The second kappa shape index (κ2) is 6.01. The average Bonchev–Trinajstić information content (AvgIpc) is 2.42. The molecule has 2 N–H and O–H groups in total. The minimum Gasteiger partial charge on any atom is -0.492 e. The normalized spacial score (nSPS) is 12.2. The summed E-state index contributed by atoms with van der Waals surface area (Å²) in [6.45, 7) is 4.07. The van der Waals surface area contributed by atoms with E-state index in [1.807, 2.05) is 32.0 Å². The minimum absolute atomic E-state index is 0.0862. The Morgan fingerprint density at radius 3 is 2.50 bits per heavy atom. The van der Waals surface area contributed by atoms with Crippen LogP contribution in [0.1, 0.15) is 22.7 Å². The summed E-state index contributed by atoms with van der Waals surface area (Å²) in [6.07, 6.45) is 0. The van der Waals surface area contributed by atoms with Crippen LogP contribution in [-0.2, 0) is 0 Å². The quantitative estimate of drug-likeness (QED) is 0.925. The van der Waals surface area contributed by atoms with Gasteiger partial charge in [0.2, 0.25) is 0 Å². The van der Waals surface area contributed by atoms with E-state index in [2.05, 4.69) is 0 Å². The Bertz CT molecular complexity index is 613. The molecular formula is C16H17F2NO. The molecule has 0 bridgehead atoms. The lowest BCUT2D eigenvalue weighted by Crippen LogP contribution is -2.20. The lowest BCUT2D eigenvalue weighted by Gasteiger charge is -2.15. The second-order valence-electron chi connectivity index (χ2n) is 4.83. The molecule has 4 heteroatoms. The van der Waals surface area contributed by atoms with Crippen molar-refractivity contribution in [2.75, 3.05) is 6.61 Å². The van der Waals surface area contributed by atoms with E-state index < -0.39 is 17.7 Å². The van der Waals surface area contributed by atoms with Crippen LogP contribution in [0.5, 0.6) is 5.75 Å². The molecule has 0 saturated heterocycles. The summed E-state index contributed by atoms with van der Waals surface area (Å²) in [5.74, 6) is -0.369. The highest BCUT2D eigenvalue weighted by molar-refractivity contribution is 5.34. The first-order valence-electron chi connectivity index (χ1n) is 6.38. The third kappa shape index (κ3) is 3.33. The van der Waals surface area contributed by atoms with Crippen molar-refractivity contribution in [3.05, 3.63) is 64.7 Å². The number of hydrogen-bond donors (Lipinski definition) is 1. The Balaban J connectivity index is 2.06. The van der Waals surface area contributed by atoms with E-state index >= 15 is 0 Å². The zero-order valence-corrected chi connectivity index (χ0v) is 11.5. The molecule has 0 radical (unpaired) electrons. The molecule has 2 aromatic carbocycles. The van der Waals surface area contributed by atoms with Crippen LogP contribution in [0.15, 0.2) is 36.4 Å². The monoisotopic (exact) mass is 277 g/mol. The molecule has 0 heterocycles. The van der Waals surface area contributed by atoms with E-state index in [0.717, 1.165) is 29.3 Å². The van der Waals surface area contributed by atoms with Gasteiger partial charge in [0, 0.05) is 5.56 Å². The van der Waals surface area contributed by atoms with E-state index in [4.69, 9.17) is 10.5 Å². The highest BCUT2D eigenvalue weighted by Crippen LogP contribution is 2.20. The van der Waals surface area contributed by atoms with Crippen molar-refractivity contribution in [3.63, 3.8) is 0 Å². The van der Waals surface area contributed by atoms with E-state index in [0.29, 0.717) is 5.75 Å². The van der Waals surface area contributed by atoms with Gasteiger partial charge in [-0.2, -0.15) is 0 Å². The predicted molar refractivity (Wildman–Crippen MR) is 74.7 cm³/mol. The van der Waals surface area contributed by atoms with Gasteiger partial charge in [0.25, 0.3) is 0 Å². The number of benzene rings is 2. The van der Waals surface area contributed by atoms with Crippen molar-refractivity contribution in [3.8, 4) is 5.75 Å². The fourth-order valence-electron chi connectivity index (χ4n) is 1.88. The summed E-state index contributed by atoms with van der Waals surface area (Å²) in [5, 5.41) is 0. The molecule has 0 aliphatic heterocycles. The molecule has 0 aliphatic carbocycles. The van der Waals surface area contributed by atoms with Gasteiger partial charge in [-0.15, -0.1) is 0 Å². The Labute approximate surface area is 117 Å². The molecular weight excluding hydrogens is 260 g/mol. The zero-order valence-electron chi connectivity index (χ0n) is 11.5. The highest BCUT2D eigenvalue weighted by atomic mass is 19.1. The fraction of sp³-hybridized carbons (Fsp3) is 0.250. The van der Waals surface area contributed by atoms with Crippen molar-refractivity contribution < 1.29 is 13.5 Å². The topological polar surface area (TPSA) is 35.2 Å². The largest absolute Gasteiger partial charge is 0.492 e. The van der Waals surface area contributed by atoms with Gasteiger partial charge in [-0.3, -0.25) is 0 Å². The van der Waals surface area contributed by atoms with Crippen LogP contribution in [-0.4, -0.2) is 6.61 Å². The molecule has 20 heavy (non-hydrogen) atoms. The Morgan fingerprint density at radius 2 is 1.80 bits per heavy atom. The van der Waals surface area contributed by atoms with Crippen LogP contribution in [0, 0.1) is 25.5 Å². The van der Waals surface area contributed by atoms with Crippen LogP contribution >= 0.6 is 0 Å². The third-order valence-electron chi connectivity index (χ3n) is 3.27. The SMILES string of the molecule is Cc1ccc(OCC(N)c2cc(F)ccc2F)cc1C. The van der Waals surface area contributed by atoms with Gasteiger partial charge in [-0.05, 0) is 55.3 Å². The van der Waals surface area contributed by atoms with Crippen LogP contribution < -0.4 is 10.5 Å². The van der Waals surface area contributed by atoms with Crippen molar-refractivity contribution in [2.45, 2.75) is 19.9 Å². The summed E-state index contributed by atoms with van der Waals surface area (Å²) in [4.78, 5) is 0. The average molecular weight is 277 g/mol. The van der Waals surface area contributed by atoms with Crippen LogP contribution in [0.3, 0.4) is 0 Å². The summed E-state index contributed by atoms with van der Waals surface area (Å²) >= 11 is 0. The van der Waals surface area contributed by atoms with Gasteiger partial charge in [-0.1, -0.05) is 6.07 Å². The molecule has 0 fully saturated rings. The molecule has 2 rings (SSSR count).